The largest absolute Gasteiger partial charge is 0.444 e. The Morgan fingerprint density at radius 1 is 1.36 bits per heavy atom. The van der Waals surface area contributed by atoms with Crippen molar-refractivity contribution in [1.29, 1.82) is 0 Å². The molecule has 0 saturated heterocycles. The fraction of sp³-hybridized carbons (Fsp3) is 0.571. The van der Waals surface area contributed by atoms with E-state index in [-0.39, 0.29) is 18.1 Å². The van der Waals surface area contributed by atoms with Crippen LogP contribution in [0, 0.1) is 0 Å². The van der Waals surface area contributed by atoms with Crippen LogP contribution in [0.25, 0.3) is 0 Å². The molecule has 0 saturated carbocycles. The van der Waals surface area contributed by atoms with Gasteiger partial charge in [0.05, 0.1) is 0 Å². The monoisotopic (exact) mass is 310 g/mol. The molecule has 1 rings (SSSR count). The predicted molar refractivity (Wildman–Crippen MR) is 81.2 cm³/mol. The summed E-state index contributed by atoms with van der Waals surface area (Å²) in [5.41, 5.74) is -0.665. The Hall–Kier alpha value is -2.38. The number of carbonyl (C=O) groups is 3. The number of hydrogen-bond donors (Lipinski definition) is 1. The minimum atomic E-state index is -0.738. The number of ketones is 1. The zero-order valence-electron chi connectivity index (χ0n) is 13.8. The van der Waals surface area contributed by atoms with Crippen molar-refractivity contribution in [2.75, 3.05) is 27.7 Å². The Morgan fingerprint density at radius 2 is 1.95 bits per heavy atom. The van der Waals surface area contributed by atoms with Gasteiger partial charge in [-0.3, -0.25) is 19.8 Å². The lowest BCUT2D eigenvalue weighted by Gasteiger charge is -2.22. The summed E-state index contributed by atoms with van der Waals surface area (Å²) in [5.74, 6) is -0.965. The van der Waals surface area contributed by atoms with Gasteiger partial charge in [0, 0.05) is 27.3 Å². The van der Waals surface area contributed by atoms with Crippen LogP contribution in [0.3, 0.4) is 0 Å². The molecule has 0 unspecified atom stereocenters. The molecule has 2 amide bonds. The Labute approximate surface area is 129 Å². The van der Waals surface area contributed by atoms with Gasteiger partial charge in [-0.25, -0.2) is 9.79 Å². The molecule has 0 radical (unpaired) electrons. The van der Waals surface area contributed by atoms with Gasteiger partial charge in [-0.1, -0.05) is 0 Å². The van der Waals surface area contributed by atoms with Gasteiger partial charge in [-0.2, -0.15) is 0 Å². The van der Waals surface area contributed by atoms with Crippen molar-refractivity contribution in [2.24, 2.45) is 4.99 Å². The lowest BCUT2D eigenvalue weighted by molar-refractivity contribution is -0.125. The van der Waals surface area contributed by atoms with Crippen molar-refractivity contribution in [1.82, 2.24) is 15.1 Å². The van der Waals surface area contributed by atoms with E-state index in [1.165, 1.54) is 13.2 Å². The van der Waals surface area contributed by atoms with Crippen LogP contribution in [0.1, 0.15) is 20.8 Å². The second-order valence-corrected chi connectivity index (χ2v) is 6.06. The minimum Gasteiger partial charge on any atom is -0.444 e. The molecule has 122 valence electrons. The summed E-state index contributed by atoms with van der Waals surface area (Å²) in [6, 6.07) is 0. The first kappa shape index (κ1) is 17.7. The Balaban J connectivity index is 2.94. The molecule has 0 aromatic rings. The third kappa shape index (κ3) is 4.87. The molecule has 0 atom stereocenters. The van der Waals surface area contributed by atoms with Gasteiger partial charge in [-0.05, 0) is 20.8 Å². The summed E-state index contributed by atoms with van der Waals surface area (Å²) in [4.78, 5) is 42.7. The summed E-state index contributed by atoms with van der Waals surface area (Å²) < 4.78 is 5.11. The summed E-state index contributed by atoms with van der Waals surface area (Å²) in [6.45, 7) is 4.94. The fourth-order valence-corrected chi connectivity index (χ4v) is 1.64. The van der Waals surface area contributed by atoms with E-state index < -0.39 is 23.4 Å². The minimum absolute atomic E-state index is 0.0113. The summed E-state index contributed by atoms with van der Waals surface area (Å²) in [7, 11) is 4.85. The number of rotatable bonds is 1. The van der Waals surface area contributed by atoms with Crippen LogP contribution in [0.5, 0.6) is 0 Å². The Bertz CT molecular complexity index is 544. The molecule has 1 heterocycles. The molecule has 0 aromatic carbocycles. The van der Waals surface area contributed by atoms with Gasteiger partial charge in [0.2, 0.25) is 5.96 Å². The molecule has 0 spiro atoms. The first-order valence-electron chi connectivity index (χ1n) is 6.75. The number of carbonyl (C=O) groups excluding carboxylic acids is 3. The highest BCUT2D eigenvalue weighted by atomic mass is 16.6. The summed E-state index contributed by atoms with van der Waals surface area (Å²) >= 11 is 0. The van der Waals surface area contributed by atoms with E-state index >= 15 is 0 Å². The topological polar surface area (TPSA) is 91.3 Å². The maximum absolute atomic E-state index is 12.3. The number of alkyl carbamates (subject to hydrolysis) is 1. The molecule has 1 aliphatic rings. The van der Waals surface area contributed by atoms with Gasteiger partial charge >= 0.3 is 6.09 Å². The van der Waals surface area contributed by atoms with Crippen LogP contribution >= 0.6 is 0 Å². The van der Waals surface area contributed by atoms with Crippen LogP contribution in [0.15, 0.2) is 16.8 Å². The number of likely N-dealkylation sites (N-methyl/N-ethyl adjacent to an activating group) is 1. The molecule has 1 aliphatic heterocycles. The second-order valence-electron chi connectivity index (χ2n) is 6.06. The van der Waals surface area contributed by atoms with Crippen LogP contribution < -0.4 is 5.32 Å². The normalized spacial score (nSPS) is 18.0. The maximum Gasteiger partial charge on any atom is 0.414 e. The van der Waals surface area contributed by atoms with Crippen molar-refractivity contribution in [3.05, 3.63) is 11.8 Å². The van der Waals surface area contributed by atoms with Crippen LogP contribution in [-0.2, 0) is 14.3 Å². The lowest BCUT2D eigenvalue weighted by atomic mass is 10.1. The summed E-state index contributed by atoms with van der Waals surface area (Å²) in [5, 5.41) is 2.39. The number of hydrogen-bond acceptors (Lipinski definition) is 6. The fourth-order valence-electron chi connectivity index (χ4n) is 1.64. The highest BCUT2D eigenvalue weighted by molar-refractivity contribution is 6.25. The lowest BCUT2D eigenvalue weighted by Crippen LogP contribution is -2.46. The molecule has 0 bridgehead atoms. The molecular weight excluding hydrogens is 288 g/mol. The number of nitrogens with one attached hydrogen (secondary N) is 1. The second kappa shape index (κ2) is 6.59. The number of guanidine groups is 1. The van der Waals surface area contributed by atoms with Crippen molar-refractivity contribution >= 4 is 23.7 Å². The highest BCUT2D eigenvalue weighted by Crippen LogP contribution is 2.10. The van der Waals surface area contributed by atoms with Crippen molar-refractivity contribution in [2.45, 2.75) is 26.4 Å². The standard InChI is InChI=1S/C14H22N4O4/c1-14(2,3)22-13(21)16-12-15-7-10(19)9(8-17(4)5)11(20)18(12)6/h8H,7H2,1-6H3,(H,15,16,21)/b9-8-. The molecule has 0 aromatic heterocycles. The average molecular weight is 310 g/mol. The highest BCUT2D eigenvalue weighted by Gasteiger charge is 2.29. The van der Waals surface area contributed by atoms with Crippen molar-refractivity contribution in [3.63, 3.8) is 0 Å². The first-order valence-corrected chi connectivity index (χ1v) is 6.75. The third-order valence-corrected chi connectivity index (χ3v) is 2.53. The zero-order chi connectivity index (χ0) is 17.1. The van der Waals surface area contributed by atoms with E-state index in [0.717, 1.165) is 4.90 Å². The Kier molecular flexibility index (Phi) is 5.29. The van der Waals surface area contributed by atoms with E-state index in [1.54, 1.807) is 39.8 Å². The molecule has 8 nitrogen and oxygen atoms in total. The predicted octanol–water partition coefficient (Wildman–Crippen LogP) is 0.354. The van der Waals surface area contributed by atoms with E-state index in [4.69, 9.17) is 4.74 Å². The number of aliphatic imine (C=N–C) groups is 1. The van der Waals surface area contributed by atoms with E-state index in [2.05, 4.69) is 10.3 Å². The molecule has 0 aliphatic carbocycles. The Morgan fingerprint density at radius 3 is 2.45 bits per heavy atom. The smallest absolute Gasteiger partial charge is 0.414 e. The molecule has 8 heteroatoms. The van der Waals surface area contributed by atoms with Crippen LogP contribution in [0.4, 0.5) is 4.79 Å². The molecule has 1 N–H and O–H groups in total. The third-order valence-electron chi connectivity index (χ3n) is 2.53. The van der Waals surface area contributed by atoms with Crippen LogP contribution in [0.2, 0.25) is 0 Å². The van der Waals surface area contributed by atoms with Gasteiger partial charge in [0.25, 0.3) is 5.91 Å². The quantitative estimate of drug-likeness (QED) is 0.557. The van der Waals surface area contributed by atoms with Gasteiger partial charge in [0.15, 0.2) is 5.78 Å². The van der Waals surface area contributed by atoms with Crippen LogP contribution in [-0.4, -0.2) is 66.8 Å². The number of nitrogens with zero attached hydrogens (tertiary/aromatic N) is 3. The van der Waals surface area contributed by atoms with E-state index in [9.17, 15) is 14.4 Å². The molecular formula is C14H22N4O4. The van der Waals surface area contributed by atoms with Gasteiger partial charge in [-0.15, -0.1) is 0 Å². The zero-order valence-corrected chi connectivity index (χ0v) is 13.8. The summed E-state index contributed by atoms with van der Waals surface area (Å²) in [6.07, 6.45) is 0.700. The number of Topliss-reactive ketones (excluding diaryl/α,β-unsaturated/α-hetero) is 1. The average Bonchev–Trinajstić information content (AvgIpc) is 2.43. The first-order chi connectivity index (χ1) is 10.0. The number of ether oxygens (including phenoxy) is 1. The van der Waals surface area contributed by atoms with Gasteiger partial charge < -0.3 is 9.64 Å². The van der Waals surface area contributed by atoms with E-state index in [1.807, 2.05) is 0 Å². The van der Waals surface area contributed by atoms with Gasteiger partial charge in [0.1, 0.15) is 17.7 Å². The molecule has 0 fully saturated rings. The van der Waals surface area contributed by atoms with E-state index in [0.29, 0.717) is 0 Å². The molecule has 22 heavy (non-hydrogen) atoms. The van der Waals surface area contributed by atoms with Crippen molar-refractivity contribution < 1.29 is 19.1 Å². The maximum atomic E-state index is 12.3. The van der Waals surface area contributed by atoms with Crippen molar-refractivity contribution in [3.8, 4) is 0 Å². The number of amides is 2. The SMILES string of the molecule is CN(C)/C=C1/C(=O)CN=C(NC(=O)OC(C)(C)C)N(C)C1=O.